The van der Waals surface area contributed by atoms with Crippen molar-refractivity contribution in [3.63, 3.8) is 0 Å². The Morgan fingerprint density at radius 3 is 2.40 bits per heavy atom. The second-order valence-corrected chi connectivity index (χ2v) is 1.63. The van der Waals surface area contributed by atoms with Gasteiger partial charge in [-0.1, -0.05) is 0 Å². The van der Waals surface area contributed by atoms with Crippen molar-refractivity contribution in [1.82, 2.24) is 5.48 Å². The van der Waals surface area contributed by atoms with Crippen molar-refractivity contribution < 1.29 is 25.0 Å². The molecule has 0 aliphatic carbocycles. The Bertz CT molecular complexity index is 117. The minimum atomic E-state index is -2.99. The summed E-state index contributed by atoms with van der Waals surface area (Å²) in [7, 11) is 1.33. The summed E-state index contributed by atoms with van der Waals surface area (Å²) in [5, 5.41) is 24.6. The van der Waals surface area contributed by atoms with Crippen LogP contribution < -0.4 is 5.48 Å². The molecule has 6 nitrogen and oxygen atoms in total. The molecule has 60 valence electrons. The van der Waals surface area contributed by atoms with Gasteiger partial charge < -0.3 is 20.2 Å². The first-order valence-corrected chi connectivity index (χ1v) is 2.49. The van der Waals surface area contributed by atoms with Crippen LogP contribution in [0.5, 0.6) is 0 Å². The van der Waals surface area contributed by atoms with E-state index in [9.17, 15) is 4.79 Å². The van der Waals surface area contributed by atoms with Gasteiger partial charge in [0.15, 0.2) is 0 Å². The van der Waals surface area contributed by atoms with Crippen molar-refractivity contribution in [2.45, 2.75) is 12.4 Å². The molecule has 0 fully saturated rings. The number of aliphatic hydroxyl groups is 3. The molecule has 0 unspecified atom stereocenters. The lowest BCUT2D eigenvalue weighted by molar-refractivity contribution is -0.312. The first-order valence-electron chi connectivity index (χ1n) is 2.49. The van der Waals surface area contributed by atoms with Gasteiger partial charge in [-0.05, 0) is 0 Å². The van der Waals surface area contributed by atoms with E-state index in [0.717, 1.165) is 0 Å². The van der Waals surface area contributed by atoms with Gasteiger partial charge in [0.25, 0.3) is 5.97 Å². The van der Waals surface area contributed by atoms with Crippen LogP contribution in [-0.2, 0) is 9.63 Å². The van der Waals surface area contributed by atoms with Crippen molar-refractivity contribution >= 4 is 5.97 Å². The Balaban J connectivity index is 3.58. The highest BCUT2D eigenvalue weighted by Gasteiger charge is 2.24. The largest absolute Gasteiger partial charge is 0.371 e. The average molecular weight is 151 g/mol. The molecule has 0 atom stereocenters. The van der Waals surface area contributed by atoms with Crippen LogP contribution in [0.3, 0.4) is 0 Å². The molecule has 4 N–H and O–H groups in total. The molecule has 0 aromatic carbocycles. The molecule has 0 rings (SSSR count). The van der Waals surface area contributed by atoms with Gasteiger partial charge >= 0.3 is 5.97 Å². The summed E-state index contributed by atoms with van der Waals surface area (Å²) in [5.74, 6) is -3.96. The first-order chi connectivity index (χ1) is 4.45. The molecule has 0 bridgehead atoms. The van der Waals surface area contributed by atoms with Gasteiger partial charge in [-0.2, -0.15) is 5.48 Å². The highest BCUT2D eigenvalue weighted by Crippen LogP contribution is 1.99. The summed E-state index contributed by atoms with van der Waals surface area (Å²) >= 11 is 0. The van der Waals surface area contributed by atoms with Crippen LogP contribution in [0, 0.1) is 0 Å². The summed E-state index contributed by atoms with van der Waals surface area (Å²) < 4.78 is 0. The third-order valence-corrected chi connectivity index (χ3v) is 0.597. The van der Waals surface area contributed by atoms with E-state index in [-0.39, 0.29) is 0 Å². The molecule has 10 heavy (non-hydrogen) atoms. The van der Waals surface area contributed by atoms with E-state index in [2.05, 4.69) is 4.84 Å². The van der Waals surface area contributed by atoms with Gasteiger partial charge in [0, 0.05) is 7.05 Å². The van der Waals surface area contributed by atoms with Gasteiger partial charge in [-0.25, -0.2) is 0 Å². The zero-order valence-electron chi connectivity index (χ0n) is 5.37. The predicted octanol–water partition coefficient (Wildman–Crippen LogP) is -2.32. The third kappa shape index (κ3) is 5.45. The maximum atomic E-state index is 10.3. The molecule has 0 heterocycles. The molecule has 0 amide bonds. The number of hydroxylamine groups is 1. The van der Waals surface area contributed by atoms with Crippen molar-refractivity contribution in [1.29, 1.82) is 0 Å². The smallest absolute Gasteiger partial charge is 0.332 e. The number of nitrogens with one attached hydrogen (secondary N) is 1. The number of rotatable bonds is 3. The molecule has 0 aromatic rings. The molecular formula is C4H9NO5. The first kappa shape index (κ1) is 9.31. The highest BCUT2D eigenvalue weighted by atomic mass is 16.7. The number of hydrogen-bond acceptors (Lipinski definition) is 6. The lowest BCUT2D eigenvalue weighted by atomic mass is 10.4. The van der Waals surface area contributed by atoms with Gasteiger partial charge in [0.05, 0.1) is 0 Å². The predicted molar refractivity (Wildman–Crippen MR) is 29.2 cm³/mol. The van der Waals surface area contributed by atoms with Crippen molar-refractivity contribution in [2.75, 3.05) is 7.05 Å². The standard InChI is InChI=1S/C4H9NO5/c1-5-10-3(6)2-4(7,8)9/h5,7-9H,2H2,1H3. The van der Waals surface area contributed by atoms with Crippen molar-refractivity contribution in [3.05, 3.63) is 0 Å². The van der Waals surface area contributed by atoms with Crippen LogP contribution in [0.1, 0.15) is 6.42 Å². The molecule has 0 saturated heterocycles. The lowest BCUT2D eigenvalue weighted by Gasteiger charge is -2.11. The Hall–Kier alpha value is -0.690. The Labute approximate surface area is 57.0 Å². The van der Waals surface area contributed by atoms with Crippen LogP contribution in [0.15, 0.2) is 0 Å². The van der Waals surface area contributed by atoms with Crippen molar-refractivity contribution in [3.8, 4) is 0 Å². The minimum absolute atomic E-state index is 0.895. The minimum Gasteiger partial charge on any atom is -0.371 e. The van der Waals surface area contributed by atoms with Gasteiger partial charge in [-0.15, -0.1) is 0 Å². The highest BCUT2D eigenvalue weighted by molar-refractivity contribution is 5.69. The Morgan fingerprint density at radius 1 is 1.60 bits per heavy atom. The van der Waals surface area contributed by atoms with Crippen LogP contribution in [0.4, 0.5) is 0 Å². The Morgan fingerprint density at radius 2 is 2.10 bits per heavy atom. The molecule has 0 aliphatic rings. The second kappa shape index (κ2) is 3.47. The fourth-order valence-corrected chi connectivity index (χ4v) is 0.344. The van der Waals surface area contributed by atoms with Crippen LogP contribution >= 0.6 is 0 Å². The fourth-order valence-electron chi connectivity index (χ4n) is 0.344. The number of hydrogen-bond donors (Lipinski definition) is 4. The van der Waals surface area contributed by atoms with E-state index in [1.54, 1.807) is 0 Å². The van der Waals surface area contributed by atoms with Gasteiger partial charge in [-0.3, -0.25) is 4.79 Å². The van der Waals surface area contributed by atoms with E-state index >= 15 is 0 Å². The van der Waals surface area contributed by atoms with Crippen molar-refractivity contribution in [2.24, 2.45) is 0 Å². The molecule has 0 aliphatic heterocycles. The molecule has 0 radical (unpaired) electrons. The normalized spacial score (nSPS) is 11.2. The molecular weight excluding hydrogens is 142 g/mol. The molecule has 0 spiro atoms. The van der Waals surface area contributed by atoms with Crippen LogP contribution in [0.25, 0.3) is 0 Å². The van der Waals surface area contributed by atoms with Gasteiger partial charge in [0.1, 0.15) is 6.42 Å². The summed E-state index contributed by atoms with van der Waals surface area (Å²) in [6, 6.07) is 0. The van der Waals surface area contributed by atoms with E-state index < -0.39 is 18.4 Å². The van der Waals surface area contributed by atoms with E-state index in [4.69, 9.17) is 15.3 Å². The second-order valence-electron chi connectivity index (χ2n) is 1.63. The topological polar surface area (TPSA) is 99.0 Å². The summed E-state index contributed by atoms with van der Waals surface area (Å²) in [6.45, 7) is 0. The third-order valence-electron chi connectivity index (χ3n) is 0.597. The zero-order chi connectivity index (χ0) is 8.20. The molecule has 0 aromatic heterocycles. The summed E-state index contributed by atoms with van der Waals surface area (Å²) in [5.41, 5.74) is 2.01. The maximum absolute atomic E-state index is 10.3. The zero-order valence-corrected chi connectivity index (χ0v) is 5.37. The average Bonchev–Trinajstić information content (AvgIpc) is 1.59. The van der Waals surface area contributed by atoms with Crippen LogP contribution in [0.2, 0.25) is 0 Å². The number of carbonyl (C=O) groups is 1. The summed E-state index contributed by atoms with van der Waals surface area (Å²) in [4.78, 5) is 14.3. The Kier molecular flexibility index (Phi) is 3.23. The monoisotopic (exact) mass is 151 g/mol. The SMILES string of the molecule is CNOC(=O)CC(O)(O)O. The van der Waals surface area contributed by atoms with E-state index in [0.29, 0.717) is 0 Å². The quantitative estimate of drug-likeness (QED) is 0.267. The fraction of sp³-hybridized carbons (Fsp3) is 0.750. The summed E-state index contributed by atoms with van der Waals surface area (Å²) in [6.07, 6.45) is -0.895. The molecule has 6 heteroatoms. The van der Waals surface area contributed by atoms with E-state index in [1.165, 1.54) is 7.05 Å². The lowest BCUT2D eigenvalue weighted by Crippen LogP contribution is -2.32. The molecule has 0 saturated carbocycles. The maximum Gasteiger partial charge on any atom is 0.332 e. The number of carbonyl (C=O) groups excluding carboxylic acids is 1. The van der Waals surface area contributed by atoms with Crippen LogP contribution in [-0.4, -0.2) is 34.3 Å². The van der Waals surface area contributed by atoms with Gasteiger partial charge in [0.2, 0.25) is 0 Å². The van der Waals surface area contributed by atoms with E-state index in [1.807, 2.05) is 5.48 Å².